The number of phenols is 1. The molecule has 12 aromatic rings. The van der Waals surface area contributed by atoms with Gasteiger partial charge in [0.05, 0.1) is 33.3 Å². The van der Waals surface area contributed by atoms with Gasteiger partial charge < -0.3 is 9.67 Å². The minimum absolute atomic E-state index is 0.163. The van der Waals surface area contributed by atoms with E-state index < -0.39 is 0 Å². The van der Waals surface area contributed by atoms with Crippen molar-refractivity contribution < 1.29 is 5.11 Å². The fourth-order valence-electron chi connectivity index (χ4n) is 11.7. The van der Waals surface area contributed by atoms with Gasteiger partial charge >= 0.3 is 0 Å². The van der Waals surface area contributed by atoms with Gasteiger partial charge in [0.15, 0.2) is 0 Å². The monoisotopic (exact) mass is 1060 g/mol. The number of rotatable bonds is 8. The van der Waals surface area contributed by atoms with Gasteiger partial charge in [0.1, 0.15) is 11.6 Å². The molecule has 5 heteroatoms. The second-order valence-corrected chi connectivity index (χ2v) is 26.2. The summed E-state index contributed by atoms with van der Waals surface area (Å²) in [7, 11) is 0. The van der Waals surface area contributed by atoms with Crippen LogP contribution in [0.3, 0.4) is 0 Å². The second kappa shape index (κ2) is 19.8. The van der Waals surface area contributed by atoms with Crippen LogP contribution in [0, 0.1) is 0 Å². The zero-order valence-electron chi connectivity index (χ0n) is 48.9. The van der Waals surface area contributed by atoms with Crippen LogP contribution in [0.2, 0.25) is 0 Å². The highest BCUT2D eigenvalue weighted by Gasteiger charge is 2.31. The summed E-state index contributed by atoms with van der Waals surface area (Å²) >= 11 is 0. The summed E-state index contributed by atoms with van der Waals surface area (Å²) in [6, 6.07) is 74.7. The van der Waals surface area contributed by atoms with E-state index in [0.29, 0.717) is 11.4 Å². The summed E-state index contributed by atoms with van der Waals surface area (Å²) in [5, 5.41) is 15.3. The van der Waals surface area contributed by atoms with Crippen molar-refractivity contribution in [2.45, 2.75) is 105 Å². The van der Waals surface area contributed by atoms with Crippen LogP contribution in [0.4, 0.5) is 0 Å². The standard InChI is InChI=1S/C76H72N4O/c1-73(2,3)53-43-54(74(4,5)6)45-57(44-53)80-68-42-52(59-32-20-19-31-58(59)48-25-15-13-16-26-48)40-63(69(68)78-72(80)64-46-55(75(7,8)9)47-65(71(64)81)76(10,11)12)49-27-23-28-51(39-49)66-41-50(37-38-77-66)60-34-24-35-62-61-33-21-22-36-67(61)79(70(60)62)56-29-17-14-18-30-56/h13-47,81H,1-12H3. The van der Waals surface area contributed by atoms with E-state index in [9.17, 15) is 5.11 Å². The zero-order valence-corrected chi connectivity index (χ0v) is 48.9. The van der Waals surface area contributed by atoms with Gasteiger partial charge in [-0.2, -0.15) is 0 Å². The maximum atomic E-state index is 12.9. The highest BCUT2D eigenvalue weighted by atomic mass is 16.3. The van der Waals surface area contributed by atoms with Crippen molar-refractivity contribution in [3.8, 4) is 84.3 Å². The highest BCUT2D eigenvalue weighted by molar-refractivity contribution is 6.14. The number of imidazole rings is 1. The van der Waals surface area contributed by atoms with E-state index >= 15 is 0 Å². The van der Waals surface area contributed by atoms with Crippen LogP contribution in [0.25, 0.3) is 111 Å². The molecular weight excluding hydrogens is 985 g/mol. The summed E-state index contributed by atoms with van der Waals surface area (Å²) in [6.07, 6.45) is 1.94. The van der Waals surface area contributed by atoms with Crippen LogP contribution in [-0.4, -0.2) is 24.2 Å². The van der Waals surface area contributed by atoms with E-state index in [-0.39, 0.29) is 27.4 Å². The molecule has 12 rings (SSSR count). The van der Waals surface area contributed by atoms with E-state index in [1.54, 1.807) is 0 Å². The van der Waals surface area contributed by atoms with Gasteiger partial charge in [-0.3, -0.25) is 9.55 Å². The number of benzene rings is 9. The number of nitrogens with zero attached hydrogens (tertiary/aromatic N) is 4. The molecule has 0 unspecified atom stereocenters. The molecule has 0 fully saturated rings. The average Bonchev–Trinajstić information content (AvgIpc) is 4.08. The quantitative estimate of drug-likeness (QED) is 0.165. The topological polar surface area (TPSA) is 55.9 Å². The molecule has 0 saturated carbocycles. The van der Waals surface area contributed by atoms with Gasteiger partial charge in [0, 0.05) is 50.6 Å². The SMILES string of the molecule is CC(C)(C)c1cc(-n2c(-c3cc(C(C)(C)C)cc(C(C)(C)C)c3O)nc3c(-c4cccc(-c5cc(-c6cccc7c8ccccc8n(-c8ccccc8)c67)ccn5)c4)cc(-c4ccccc4-c4ccccc4)cc32)cc(C(C)(C)C)c1. The summed E-state index contributed by atoms with van der Waals surface area (Å²) in [5.41, 5.74) is 21.0. The minimum atomic E-state index is -0.361. The Labute approximate surface area is 478 Å². The number of hydrogen-bond acceptors (Lipinski definition) is 3. The molecule has 81 heavy (non-hydrogen) atoms. The summed E-state index contributed by atoms with van der Waals surface area (Å²) in [4.78, 5) is 11.0. The minimum Gasteiger partial charge on any atom is -0.507 e. The Kier molecular flexibility index (Phi) is 12.9. The maximum absolute atomic E-state index is 12.9. The number of para-hydroxylation sites is 3. The van der Waals surface area contributed by atoms with Crippen molar-refractivity contribution in [2.75, 3.05) is 0 Å². The van der Waals surface area contributed by atoms with Crippen molar-refractivity contribution in [1.82, 2.24) is 19.1 Å². The lowest BCUT2D eigenvalue weighted by atomic mass is 9.78. The maximum Gasteiger partial charge on any atom is 0.149 e. The largest absolute Gasteiger partial charge is 0.507 e. The third kappa shape index (κ3) is 9.73. The van der Waals surface area contributed by atoms with Crippen molar-refractivity contribution in [3.05, 3.63) is 235 Å². The molecule has 5 nitrogen and oxygen atoms in total. The first kappa shape index (κ1) is 52.9. The molecule has 0 aliphatic heterocycles. The summed E-state index contributed by atoms with van der Waals surface area (Å²) in [5.74, 6) is 0.937. The molecule has 1 N–H and O–H groups in total. The van der Waals surface area contributed by atoms with Crippen LogP contribution in [0.1, 0.15) is 105 Å². The highest BCUT2D eigenvalue weighted by Crippen LogP contribution is 2.47. The third-order valence-corrected chi connectivity index (χ3v) is 16.3. The second-order valence-electron chi connectivity index (χ2n) is 26.2. The number of aromatic nitrogens is 4. The molecule has 0 amide bonds. The first-order valence-corrected chi connectivity index (χ1v) is 28.5. The molecule has 0 bridgehead atoms. The predicted octanol–water partition coefficient (Wildman–Crippen LogP) is 20.4. The van der Waals surface area contributed by atoms with E-state index in [1.807, 2.05) is 6.20 Å². The van der Waals surface area contributed by atoms with Crippen molar-refractivity contribution in [1.29, 1.82) is 0 Å². The lowest BCUT2D eigenvalue weighted by molar-refractivity contribution is 0.446. The predicted molar refractivity (Wildman–Crippen MR) is 342 cm³/mol. The number of hydrogen-bond donors (Lipinski definition) is 1. The van der Waals surface area contributed by atoms with Crippen molar-refractivity contribution >= 4 is 32.8 Å². The van der Waals surface area contributed by atoms with Crippen molar-refractivity contribution in [3.63, 3.8) is 0 Å². The van der Waals surface area contributed by atoms with Gasteiger partial charge in [0.25, 0.3) is 0 Å². The van der Waals surface area contributed by atoms with Gasteiger partial charge in [0.2, 0.25) is 0 Å². The Morgan fingerprint density at radius 3 is 1.59 bits per heavy atom. The molecule has 0 aliphatic carbocycles. The molecule has 402 valence electrons. The summed E-state index contributed by atoms with van der Waals surface area (Å²) in [6.45, 7) is 27.0. The van der Waals surface area contributed by atoms with Gasteiger partial charge in [-0.05, 0) is 138 Å². The molecule has 0 aliphatic rings. The number of fused-ring (bicyclic) bond motifs is 4. The lowest BCUT2D eigenvalue weighted by Crippen LogP contribution is -2.18. The number of phenolic OH excluding ortho intramolecular Hbond substituents is 1. The molecule has 0 spiro atoms. The van der Waals surface area contributed by atoms with E-state index in [2.05, 4.69) is 298 Å². The van der Waals surface area contributed by atoms with E-state index in [1.165, 1.54) is 27.4 Å². The van der Waals surface area contributed by atoms with Crippen LogP contribution in [0.5, 0.6) is 5.75 Å². The molecular formula is C76H72N4O. The number of aromatic hydroxyl groups is 1. The molecule has 0 saturated heterocycles. The first-order chi connectivity index (χ1) is 38.6. The zero-order chi connectivity index (χ0) is 56.8. The van der Waals surface area contributed by atoms with Crippen LogP contribution < -0.4 is 0 Å². The Bertz CT molecular complexity index is 4340. The molecule has 0 radical (unpaired) electrons. The molecule has 0 atom stereocenters. The van der Waals surface area contributed by atoms with Gasteiger partial charge in [-0.1, -0.05) is 223 Å². The number of pyridine rings is 1. The smallest absolute Gasteiger partial charge is 0.149 e. The average molecular weight is 1060 g/mol. The third-order valence-electron chi connectivity index (χ3n) is 16.3. The normalized spacial score (nSPS) is 12.5. The Balaban J connectivity index is 1.15. The van der Waals surface area contributed by atoms with Gasteiger partial charge in [-0.15, -0.1) is 0 Å². The lowest BCUT2D eigenvalue weighted by Gasteiger charge is -2.28. The van der Waals surface area contributed by atoms with Crippen molar-refractivity contribution in [2.24, 2.45) is 0 Å². The fourth-order valence-corrected chi connectivity index (χ4v) is 11.7. The Morgan fingerprint density at radius 1 is 0.358 bits per heavy atom. The van der Waals surface area contributed by atoms with Crippen LogP contribution >= 0.6 is 0 Å². The van der Waals surface area contributed by atoms with E-state index in [4.69, 9.17) is 9.97 Å². The van der Waals surface area contributed by atoms with Gasteiger partial charge in [-0.25, -0.2) is 4.98 Å². The molecule has 3 aromatic heterocycles. The van der Waals surface area contributed by atoms with Crippen LogP contribution in [0.15, 0.2) is 212 Å². The van der Waals surface area contributed by atoms with Crippen LogP contribution in [-0.2, 0) is 21.7 Å². The molecule has 9 aromatic carbocycles. The Morgan fingerprint density at radius 2 is 0.914 bits per heavy atom. The fraction of sp³-hybridized carbons (Fsp3) is 0.211. The van der Waals surface area contributed by atoms with E-state index in [0.717, 1.165) is 94.8 Å². The molecule has 3 heterocycles. The summed E-state index contributed by atoms with van der Waals surface area (Å²) < 4.78 is 4.74. The Hall–Kier alpha value is -8.80. The first-order valence-electron chi connectivity index (χ1n) is 28.5.